The topological polar surface area (TPSA) is 51.8 Å². The van der Waals surface area contributed by atoms with Gasteiger partial charge in [-0.2, -0.15) is 0 Å². The van der Waals surface area contributed by atoms with E-state index >= 15 is 0 Å². The Bertz CT molecular complexity index is 457. The number of aromatic nitrogens is 2. The van der Waals surface area contributed by atoms with E-state index in [0.717, 1.165) is 15.6 Å². The van der Waals surface area contributed by atoms with E-state index in [-0.39, 0.29) is 0 Å². The van der Waals surface area contributed by atoms with Gasteiger partial charge in [0.1, 0.15) is 5.03 Å². The summed E-state index contributed by atoms with van der Waals surface area (Å²) in [6.07, 6.45) is 5.09. The molecule has 4 heteroatoms. The van der Waals surface area contributed by atoms with E-state index < -0.39 is 0 Å². The first-order valence-electron chi connectivity index (χ1n) is 4.56. The molecule has 0 unspecified atom stereocenters. The number of rotatable bonds is 2. The van der Waals surface area contributed by atoms with Crippen LogP contribution in [0.4, 0.5) is 5.69 Å². The van der Waals surface area contributed by atoms with Gasteiger partial charge >= 0.3 is 0 Å². The molecule has 1 aromatic heterocycles. The van der Waals surface area contributed by atoms with Crippen LogP contribution in [0.1, 0.15) is 5.56 Å². The molecule has 2 N–H and O–H groups in total. The third-order valence-corrected chi connectivity index (χ3v) is 3.05. The van der Waals surface area contributed by atoms with Crippen LogP contribution in [0.2, 0.25) is 0 Å². The lowest BCUT2D eigenvalue weighted by Crippen LogP contribution is -1.88. The summed E-state index contributed by atoms with van der Waals surface area (Å²) in [5.41, 5.74) is 7.70. The van der Waals surface area contributed by atoms with Crippen molar-refractivity contribution in [2.45, 2.75) is 16.8 Å². The van der Waals surface area contributed by atoms with E-state index in [9.17, 15) is 0 Å². The van der Waals surface area contributed by atoms with Gasteiger partial charge in [0.25, 0.3) is 0 Å². The van der Waals surface area contributed by atoms with Gasteiger partial charge in [0.05, 0.1) is 6.20 Å². The number of anilines is 1. The summed E-state index contributed by atoms with van der Waals surface area (Å²) in [6, 6.07) is 5.86. The number of nitrogens with zero attached hydrogens (tertiary/aromatic N) is 2. The Balaban J connectivity index is 2.28. The number of nitrogens with two attached hydrogens (primary N) is 1. The predicted octanol–water partition coefficient (Wildman–Crippen LogP) is 2.52. The summed E-state index contributed by atoms with van der Waals surface area (Å²) in [5.74, 6) is 0. The van der Waals surface area contributed by atoms with Crippen molar-refractivity contribution >= 4 is 17.4 Å². The molecular formula is C11H11N3S. The molecule has 0 aliphatic heterocycles. The molecule has 0 amide bonds. The smallest absolute Gasteiger partial charge is 0.119 e. The molecule has 76 valence electrons. The standard InChI is InChI=1S/C11H11N3S/c1-8-2-3-9(12)6-10(8)15-11-7-13-4-5-14-11/h2-7H,12H2,1H3. The quantitative estimate of drug-likeness (QED) is 0.785. The Morgan fingerprint density at radius 3 is 2.87 bits per heavy atom. The minimum atomic E-state index is 0.770. The molecule has 2 rings (SSSR count). The van der Waals surface area contributed by atoms with Crippen molar-refractivity contribution < 1.29 is 0 Å². The molecule has 15 heavy (non-hydrogen) atoms. The monoisotopic (exact) mass is 217 g/mol. The molecule has 0 atom stereocenters. The molecule has 0 fully saturated rings. The van der Waals surface area contributed by atoms with Crippen molar-refractivity contribution in [2.75, 3.05) is 5.73 Å². The van der Waals surface area contributed by atoms with Gasteiger partial charge in [0.15, 0.2) is 0 Å². The van der Waals surface area contributed by atoms with Crippen molar-refractivity contribution in [2.24, 2.45) is 0 Å². The Morgan fingerprint density at radius 1 is 1.27 bits per heavy atom. The van der Waals surface area contributed by atoms with Crippen LogP contribution in [-0.2, 0) is 0 Å². The van der Waals surface area contributed by atoms with Gasteiger partial charge < -0.3 is 5.73 Å². The largest absolute Gasteiger partial charge is 0.399 e. The Hall–Kier alpha value is -1.55. The predicted molar refractivity (Wildman–Crippen MR) is 61.7 cm³/mol. The maximum absolute atomic E-state index is 5.73. The number of hydrogen-bond acceptors (Lipinski definition) is 4. The van der Waals surface area contributed by atoms with Crippen LogP contribution < -0.4 is 5.73 Å². The fourth-order valence-corrected chi connectivity index (χ4v) is 2.05. The van der Waals surface area contributed by atoms with Crippen LogP contribution in [-0.4, -0.2) is 9.97 Å². The molecule has 1 aromatic carbocycles. The summed E-state index contributed by atoms with van der Waals surface area (Å²) >= 11 is 1.57. The molecule has 0 bridgehead atoms. The third kappa shape index (κ3) is 2.47. The fourth-order valence-electron chi connectivity index (χ4n) is 1.18. The van der Waals surface area contributed by atoms with Crippen LogP contribution in [0.25, 0.3) is 0 Å². The van der Waals surface area contributed by atoms with E-state index in [1.165, 1.54) is 5.56 Å². The average Bonchev–Trinajstić information content (AvgIpc) is 2.25. The normalized spacial score (nSPS) is 10.2. The molecule has 0 aliphatic rings. The lowest BCUT2D eigenvalue weighted by Gasteiger charge is -2.05. The van der Waals surface area contributed by atoms with E-state index in [2.05, 4.69) is 16.9 Å². The van der Waals surface area contributed by atoms with Gasteiger partial charge in [-0.25, -0.2) is 4.98 Å². The summed E-state index contributed by atoms with van der Waals surface area (Å²) < 4.78 is 0. The Kier molecular flexibility index (Phi) is 2.87. The Morgan fingerprint density at radius 2 is 2.13 bits per heavy atom. The zero-order valence-electron chi connectivity index (χ0n) is 8.34. The van der Waals surface area contributed by atoms with Crippen LogP contribution in [0.5, 0.6) is 0 Å². The molecule has 0 spiro atoms. The third-order valence-electron chi connectivity index (χ3n) is 1.97. The minimum absolute atomic E-state index is 0.770. The van der Waals surface area contributed by atoms with Crippen molar-refractivity contribution in [3.8, 4) is 0 Å². The fraction of sp³-hybridized carbons (Fsp3) is 0.0909. The van der Waals surface area contributed by atoms with E-state index in [1.807, 2.05) is 18.2 Å². The number of benzene rings is 1. The SMILES string of the molecule is Cc1ccc(N)cc1Sc1cnccn1. The van der Waals surface area contributed by atoms with Crippen LogP contribution >= 0.6 is 11.8 Å². The summed E-state index contributed by atoms with van der Waals surface area (Å²) in [5, 5.41) is 0.881. The molecule has 0 saturated heterocycles. The highest BCUT2D eigenvalue weighted by atomic mass is 32.2. The first kappa shape index (κ1) is 9.98. The van der Waals surface area contributed by atoms with E-state index in [4.69, 9.17) is 5.73 Å². The van der Waals surface area contributed by atoms with E-state index in [0.29, 0.717) is 0 Å². The van der Waals surface area contributed by atoms with Gasteiger partial charge in [-0.05, 0) is 24.6 Å². The van der Waals surface area contributed by atoms with Gasteiger partial charge in [-0.15, -0.1) is 0 Å². The number of aryl methyl sites for hydroxylation is 1. The highest BCUT2D eigenvalue weighted by Gasteiger charge is 2.02. The zero-order valence-corrected chi connectivity index (χ0v) is 9.16. The lowest BCUT2D eigenvalue weighted by atomic mass is 10.2. The van der Waals surface area contributed by atoms with E-state index in [1.54, 1.807) is 30.4 Å². The highest BCUT2D eigenvalue weighted by Crippen LogP contribution is 2.29. The van der Waals surface area contributed by atoms with Crippen molar-refractivity contribution in [3.05, 3.63) is 42.4 Å². The Labute approximate surface area is 92.8 Å². The minimum Gasteiger partial charge on any atom is -0.399 e. The molecule has 0 radical (unpaired) electrons. The molecule has 1 heterocycles. The van der Waals surface area contributed by atoms with Crippen LogP contribution in [0, 0.1) is 6.92 Å². The average molecular weight is 217 g/mol. The van der Waals surface area contributed by atoms with Crippen LogP contribution in [0.3, 0.4) is 0 Å². The molecule has 2 aromatic rings. The molecule has 0 saturated carbocycles. The summed E-state index contributed by atoms with van der Waals surface area (Å²) in [7, 11) is 0. The van der Waals surface area contributed by atoms with Crippen molar-refractivity contribution in [3.63, 3.8) is 0 Å². The van der Waals surface area contributed by atoms with Crippen molar-refractivity contribution in [1.29, 1.82) is 0 Å². The van der Waals surface area contributed by atoms with Gasteiger partial charge in [-0.1, -0.05) is 17.8 Å². The molecule has 0 aliphatic carbocycles. The molecule has 3 nitrogen and oxygen atoms in total. The number of nitrogen functional groups attached to an aromatic ring is 1. The zero-order chi connectivity index (χ0) is 10.7. The second-order valence-corrected chi connectivity index (χ2v) is 4.23. The lowest BCUT2D eigenvalue weighted by molar-refractivity contribution is 1.05. The first-order valence-corrected chi connectivity index (χ1v) is 5.37. The maximum atomic E-state index is 5.73. The van der Waals surface area contributed by atoms with Crippen LogP contribution in [0.15, 0.2) is 46.7 Å². The second-order valence-electron chi connectivity index (χ2n) is 3.17. The van der Waals surface area contributed by atoms with Crippen molar-refractivity contribution in [1.82, 2.24) is 9.97 Å². The first-order chi connectivity index (χ1) is 7.25. The number of hydrogen-bond donors (Lipinski definition) is 1. The molecular weight excluding hydrogens is 206 g/mol. The summed E-state index contributed by atoms with van der Waals surface area (Å²) in [6.45, 7) is 2.05. The highest BCUT2D eigenvalue weighted by molar-refractivity contribution is 7.99. The van der Waals surface area contributed by atoms with Gasteiger partial charge in [-0.3, -0.25) is 4.98 Å². The van der Waals surface area contributed by atoms with Gasteiger partial charge in [0.2, 0.25) is 0 Å². The van der Waals surface area contributed by atoms with Gasteiger partial charge in [0, 0.05) is 23.0 Å². The maximum Gasteiger partial charge on any atom is 0.119 e. The second kappa shape index (κ2) is 4.31. The summed E-state index contributed by atoms with van der Waals surface area (Å²) in [4.78, 5) is 9.34.